The standard InChI is InChI=1S/C21H24ClN3O5/c22-13-3-4-18-15(7-13)20(26)17(11-29-18)23-21(27)16-8-19-25(24-16)6-5-14(30-19)10-28-9-12-1-2-12/h3-4,7-8,12,14,17,20,26H,1-2,5-6,9-11H2,(H,23,27). The maximum atomic E-state index is 12.7. The fourth-order valence-electron chi connectivity index (χ4n) is 3.76. The Hall–Kier alpha value is -2.29. The molecule has 3 aliphatic rings. The number of halogens is 1. The van der Waals surface area contributed by atoms with Gasteiger partial charge in [-0.15, -0.1) is 0 Å². The van der Waals surface area contributed by atoms with Crippen LogP contribution in [0.2, 0.25) is 5.02 Å². The van der Waals surface area contributed by atoms with Gasteiger partial charge < -0.3 is 24.6 Å². The number of fused-ring (bicyclic) bond motifs is 2. The molecule has 160 valence electrons. The molecule has 2 aliphatic heterocycles. The smallest absolute Gasteiger partial charge is 0.272 e. The van der Waals surface area contributed by atoms with E-state index in [4.69, 9.17) is 25.8 Å². The monoisotopic (exact) mass is 433 g/mol. The zero-order valence-electron chi connectivity index (χ0n) is 16.4. The highest BCUT2D eigenvalue weighted by Gasteiger charge is 2.32. The Labute approximate surface area is 179 Å². The van der Waals surface area contributed by atoms with Gasteiger partial charge in [0.15, 0.2) is 5.69 Å². The summed E-state index contributed by atoms with van der Waals surface area (Å²) in [4.78, 5) is 12.7. The summed E-state index contributed by atoms with van der Waals surface area (Å²) in [5, 5.41) is 18.3. The van der Waals surface area contributed by atoms with Gasteiger partial charge in [-0.1, -0.05) is 11.6 Å². The van der Waals surface area contributed by atoms with Gasteiger partial charge in [-0.2, -0.15) is 5.10 Å². The van der Waals surface area contributed by atoms with Crippen molar-refractivity contribution in [3.8, 4) is 11.6 Å². The molecular formula is C21H24ClN3O5. The lowest BCUT2D eigenvalue weighted by Gasteiger charge is -2.30. The molecule has 1 aliphatic carbocycles. The van der Waals surface area contributed by atoms with Crippen LogP contribution in [0, 0.1) is 5.92 Å². The highest BCUT2D eigenvalue weighted by Crippen LogP contribution is 2.34. The molecule has 1 amide bonds. The van der Waals surface area contributed by atoms with Crippen molar-refractivity contribution >= 4 is 17.5 Å². The first-order valence-corrected chi connectivity index (χ1v) is 10.7. The molecule has 3 heterocycles. The Kier molecular flexibility index (Phi) is 5.30. The number of carbonyl (C=O) groups excluding carboxylic acids is 1. The normalized spacial score (nSPS) is 24.9. The van der Waals surface area contributed by atoms with Gasteiger partial charge in [-0.3, -0.25) is 4.79 Å². The van der Waals surface area contributed by atoms with Crippen LogP contribution < -0.4 is 14.8 Å². The van der Waals surface area contributed by atoms with Gasteiger partial charge in [-0.05, 0) is 37.0 Å². The van der Waals surface area contributed by atoms with Gasteiger partial charge in [0.2, 0.25) is 5.88 Å². The molecule has 3 unspecified atom stereocenters. The highest BCUT2D eigenvalue weighted by molar-refractivity contribution is 6.30. The first kappa shape index (κ1) is 19.7. The molecule has 3 atom stereocenters. The minimum absolute atomic E-state index is 0.0290. The summed E-state index contributed by atoms with van der Waals surface area (Å²) < 4.78 is 19.0. The van der Waals surface area contributed by atoms with Crippen molar-refractivity contribution in [1.29, 1.82) is 0 Å². The number of aliphatic hydroxyl groups is 1. The third-order valence-electron chi connectivity index (χ3n) is 5.69. The molecule has 9 heteroatoms. The maximum Gasteiger partial charge on any atom is 0.272 e. The van der Waals surface area contributed by atoms with Gasteiger partial charge in [0, 0.05) is 36.2 Å². The zero-order valence-corrected chi connectivity index (χ0v) is 17.2. The van der Waals surface area contributed by atoms with Gasteiger partial charge in [0.25, 0.3) is 5.91 Å². The van der Waals surface area contributed by atoms with Crippen LogP contribution >= 0.6 is 11.6 Å². The number of amides is 1. The Morgan fingerprint density at radius 2 is 2.17 bits per heavy atom. The second kappa shape index (κ2) is 8.09. The number of hydrogen-bond donors (Lipinski definition) is 2. The lowest BCUT2D eigenvalue weighted by Crippen LogP contribution is -2.45. The quantitative estimate of drug-likeness (QED) is 0.726. The van der Waals surface area contributed by atoms with Crippen LogP contribution in [-0.4, -0.2) is 52.8 Å². The molecule has 8 nitrogen and oxygen atoms in total. The van der Waals surface area contributed by atoms with Crippen molar-refractivity contribution in [3.05, 3.63) is 40.5 Å². The van der Waals surface area contributed by atoms with E-state index in [-0.39, 0.29) is 24.3 Å². The molecule has 2 N–H and O–H groups in total. The van der Waals surface area contributed by atoms with Crippen molar-refractivity contribution in [2.75, 3.05) is 19.8 Å². The number of nitrogens with one attached hydrogen (secondary N) is 1. The number of aliphatic hydroxyl groups excluding tert-OH is 1. The topological polar surface area (TPSA) is 94.8 Å². The van der Waals surface area contributed by atoms with Crippen LogP contribution in [0.25, 0.3) is 0 Å². The van der Waals surface area contributed by atoms with E-state index in [0.29, 0.717) is 35.4 Å². The zero-order chi connectivity index (χ0) is 20.7. The Bertz CT molecular complexity index is 945. The van der Waals surface area contributed by atoms with E-state index in [9.17, 15) is 9.90 Å². The van der Waals surface area contributed by atoms with Gasteiger partial charge in [-0.25, -0.2) is 4.68 Å². The first-order valence-electron chi connectivity index (χ1n) is 10.3. The number of rotatable bonds is 6. The average Bonchev–Trinajstić information content (AvgIpc) is 3.46. The van der Waals surface area contributed by atoms with Crippen LogP contribution in [0.15, 0.2) is 24.3 Å². The Morgan fingerprint density at radius 3 is 3.00 bits per heavy atom. The van der Waals surface area contributed by atoms with Crippen molar-refractivity contribution in [2.45, 2.75) is 44.1 Å². The molecule has 30 heavy (non-hydrogen) atoms. The second-order valence-electron chi connectivity index (χ2n) is 8.12. The van der Waals surface area contributed by atoms with Gasteiger partial charge >= 0.3 is 0 Å². The van der Waals surface area contributed by atoms with Crippen molar-refractivity contribution in [1.82, 2.24) is 15.1 Å². The molecule has 5 rings (SSSR count). The number of hydrogen-bond acceptors (Lipinski definition) is 6. The predicted octanol–water partition coefficient (Wildman–Crippen LogP) is 2.34. The molecule has 1 aromatic carbocycles. The number of aromatic nitrogens is 2. The average molecular weight is 434 g/mol. The Balaban J connectivity index is 1.21. The maximum absolute atomic E-state index is 12.7. The lowest BCUT2D eigenvalue weighted by atomic mass is 9.99. The summed E-state index contributed by atoms with van der Waals surface area (Å²) in [5.41, 5.74) is 0.800. The summed E-state index contributed by atoms with van der Waals surface area (Å²) >= 11 is 6.02. The molecule has 0 saturated heterocycles. The van der Waals surface area contributed by atoms with E-state index in [0.717, 1.165) is 18.9 Å². The van der Waals surface area contributed by atoms with Crippen LogP contribution in [0.3, 0.4) is 0 Å². The summed E-state index contributed by atoms with van der Waals surface area (Å²) in [5.74, 6) is 1.46. The van der Waals surface area contributed by atoms with Crippen LogP contribution in [-0.2, 0) is 11.3 Å². The Morgan fingerprint density at radius 1 is 1.30 bits per heavy atom. The van der Waals surface area contributed by atoms with Crippen molar-refractivity contribution in [2.24, 2.45) is 5.92 Å². The fourth-order valence-corrected chi connectivity index (χ4v) is 3.94. The summed E-state index contributed by atoms with van der Waals surface area (Å²) in [6.45, 7) is 2.18. The molecule has 1 aromatic heterocycles. The van der Waals surface area contributed by atoms with Crippen LogP contribution in [0.4, 0.5) is 0 Å². The minimum Gasteiger partial charge on any atom is -0.491 e. The molecule has 2 aromatic rings. The number of aryl methyl sites for hydroxylation is 1. The van der Waals surface area contributed by atoms with Gasteiger partial charge in [0.1, 0.15) is 24.6 Å². The molecule has 1 saturated carbocycles. The van der Waals surface area contributed by atoms with Crippen LogP contribution in [0.1, 0.15) is 41.4 Å². The number of benzene rings is 1. The summed E-state index contributed by atoms with van der Waals surface area (Å²) in [6.07, 6.45) is 2.36. The first-order chi connectivity index (χ1) is 14.6. The SMILES string of the molecule is O=C(NC1COc2ccc(Cl)cc2C1O)c1cc2n(n1)CCC(COCC1CC1)O2. The highest BCUT2D eigenvalue weighted by atomic mass is 35.5. The number of carbonyl (C=O) groups is 1. The molecule has 0 radical (unpaired) electrons. The van der Waals surface area contributed by atoms with E-state index < -0.39 is 12.1 Å². The van der Waals surface area contributed by atoms with E-state index >= 15 is 0 Å². The third kappa shape index (κ3) is 4.12. The fraction of sp³-hybridized carbons (Fsp3) is 0.524. The number of nitrogens with zero attached hydrogens (tertiary/aromatic N) is 2. The minimum atomic E-state index is -0.919. The van der Waals surface area contributed by atoms with Gasteiger partial charge in [0.05, 0.1) is 12.6 Å². The molecule has 0 spiro atoms. The largest absolute Gasteiger partial charge is 0.491 e. The molecule has 1 fully saturated rings. The van der Waals surface area contributed by atoms with E-state index in [1.807, 2.05) is 0 Å². The summed E-state index contributed by atoms with van der Waals surface area (Å²) in [6, 6.07) is 6.08. The van der Waals surface area contributed by atoms with Crippen molar-refractivity contribution < 1.29 is 24.1 Å². The van der Waals surface area contributed by atoms with Crippen molar-refractivity contribution in [3.63, 3.8) is 0 Å². The third-order valence-corrected chi connectivity index (χ3v) is 5.92. The molecular weight excluding hydrogens is 410 g/mol. The second-order valence-corrected chi connectivity index (χ2v) is 8.55. The van der Waals surface area contributed by atoms with E-state index in [2.05, 4.69) is 10.4 Å². The van der Waals surface area contributed by atoms with E-state index in [1.54, 1.807) is 28.9 Å². The predicted molar refractivity (Wildman–Crippen MR) is 108 cm³/mol. The van der Waals surface area contributed by atoms with Crippen LogP contribution in [0.5, 0.6) is 11.6 Å². The van der Waals surface area contributed by atoms with E-state index in [1.165, 1.54) is 12.8 Å². The molecule has 0 bridgehead atoms. The number of ether oxygens (including phenoxy) is 3. The lowest BCUT2D eigenvalue weighted by molar-refractivity contribution is 0.0221. The summed E-state index contributed by atoms with van der Waals surface area (Å²) in [7, 11) is 0.